The number of hydrogen-bond donors (Lipinski definition) is 1. The number of aliphatic hydroxyl groups is 1. The van der Waals surface area contributed by atoms with E-state index in [1.54, 1.807) is 0 Å². The number of unbranched alkanes of at least 4 members (excludes halogenated alkanes) is 2. The van der Waals surface area contributed by atoms with Crippen LogP contribution >= 0.6 is 0 Å². The average Bonchev–Trinajstić information content (AvgIpc) is 3.15. The highest BCUT2D eigenvalue weighted by atomic mass is 16.5. The van der Waals surface area contributed by atoms with Gasteiger partial charge in [-0.2, -0.15) is 0 Å². The van der Waals surface area contributed by atoms with Gasteiger partial charge in [0.15, 0.2) is 0 Å². The number of hydrogen-bond acceptors (Lipinski definition) is 6. The standard InChI is InChI=1S/C44H62O6/c1-6-8-9-10-33-11-14-37(15-12-33)38-16-18-39(19-17-38)40-20-22-41(23-21-40)42-24-13-34(26-36(42)7-2)25-35(29-49-43(46)31(3)27-45)30-50-44(47)32(4)28-48-5/h13,20-24,26,33,35,37-39,45H,3-4,6-12,14-19,25,27-30H2,1-2,5H3. The maximum absolute atomic E-state index is 12.4. The SMILES string of the molecule is C=C(CO)C(=O)OCC(COC(=O)C(=C)COC)Cc1ccc(-c2ccc(C3CCC(C4CCC(CCCCC)CC4)CC3)cc2)c(CC)c1. The molecule has 2 aliphatic carbocycles. The van der Waals surface area contributed by atoms with E-state index in [-0.39, 0.29) is 36.9 Å². The second-order valence-electron chi connectivity index (χ2n) is 14.9. The summed E-state index contributed by atoms with van der Waals surface area (Å²) in [4.78, 5) is 24.6. The Hall–Kier alpha value is -3.22. The van der Waals surface area contributed by atoms with E-state index in [1.807, 2.05) is 0 Å². The van der Waals surface area contributed by atoms with Crippen molar-refractivity contribution in [1.82, 2.24) is 0 Å². The summed E-state index contributed by atoms with van der Waals surface area (Å²) in [5, 5.41) is 9.25. The Morgan fingerprint density at radius 2 is 1.44 bits per heavy atom. The lowest BCUT2D eigenvalue weighted by atomic mass is 9.68. The summed E-state index contributed by atoms with van der Waals surface area (Å²) >= 11 is 0. The van der Waals surface area contributed by atoms with Gasteiger partial charge in [0, 0.05) is 13.0 Å². The van der Waals surface area contributed by atoms with Crippen molar-refractivity contribution in [1.29, 1.82) is 0 Å². The van der Waals surface area contributed by atoms with E-state index in [1.165, 1.54) is 106 Å². The molecule has 1 unspecified atom stereocenters. The van der Waals surface area contributed by atoms with Gasteiger partial charge in [-0.05, 0) is 103 Å². The van der Waals surface area contributed by atoms with E-state index in [0.717, 1.165) is 29.7 Å². The Morgan fingerprint density at radius 3 is 2.02 bits per heavy atom. The lowest BCUT2D eigenvalue weighted by Gasteiger charge is -2.38. The molecule has 2 fully saturated rings. The lowest BCUT2D eigenvalue weighted by molar-refractivity contribution is -0.144. The van der Waals surface area contributed by atoms with Crippen LogP contribution in [0.2, 0.25) is 0 Å². The molecule has 1 atom stereocenters. The third kappa shape index (κ3) is 11.7. The lowest BCUT2D eigenvalue weighted by Crippen LogP contribution is -2.25. The molecule has 2 aromatic rings. The number of aliphatic hydroxyl groups excluding tert-OH is 1. The van der Waals surface area contributed by atoms with E-state index >= 15 is 0 Å². The van der Waals surface area contributed by atoms with Gasteiger partial charge in [-0.25, -0.2) is 9.59 Å². The van der Waals surface area contributed by atoms with Gasteiger partial charge in [0.2, 0.25) is 0 Å². The largest absolute Gasteiger partial charge is 0.462 e. The molecule has 0 spiro atoms. The van der Waals surface area contributed by atoms with Crippen molar-refractivity contribution in [3.05, 3.63) is 83.5 Å². The molecule has 0 amide bonds. The van der Waals surface area contributed by atoms with Crippen LogP contribution in [0.15, 0.2) is 66.8 Å². The number of ether oxygens (including phenoxy) is 3. The summed E-state index contributed by atoms with van der Waals surface area (Å²) in [6.45, 7) is 11.4. The molecule has 6 heteroatoms. The summed E-state index contributed by atoms with van der Waals surface area (Å²) in [6, 6.07) is 15.8. The highest BCUT2D eigenvalue weighted by Crippen LogP contribution is 2.45. The van der Waals surface area contributed by atoms with E-state index < -0.39 is 18.5 Å². The zero-order valence-corrected chi connectivity index (χ0v) is 31.1. The van der Waals surface area contributed by atoms with Crippen molar-refractivity contribution < 1.29 is 28.9 Å². The molecule has 274 valence electrons. The summed E-state index contributed by atoms with van der Waals surface area (Å²) in [5.74, 6) is 2.06. The molecule has 2 saturated carbocycles. The second-order valence-corrected chi connectivity index (χ2v) is 14.9. The molecule has 2 aromatic carbocycles. The number of esters is 2. The molecule has 0 aliphatic heterocycles. The Kier molecular flexibility index (Phi) is 16.3. The minimum atomic E-state index is -0.663. The maximum atomic E-state index is 12.4. The smallest absolute Gasteiger partial charge is 0.335 e. The fourth-order valence-electron chi connectivity index (χ4n) is 8.23. The fourth-order valence-corrected chi connectivity index (χ4v) is 8.23. The van der Waals surface area contributed by atoms with Gasteiger partial charge in [0.25, 0.3) is 0 Å². The zero-order valence-electron chi connectivity index (χ0n) is 31.1. The van der Waals surface area contributed by atoms with Gasteiger partial charge in [0.1, 0.15) is 0 Å². The Morgan fingerprint density at radius 1 is 0.820 bits per heavy atom. The molecule has 0 radical (unpaired) electrons. The first kappa shape index (κ1) is 39.6. The van der Waals surface area contributed by atoms with E-state index in [0.29, 0.717) is 12.3 Å². The van der Waals surface area contributed by atoms with Crippen LogP contribution in [0.3, 0.4) is 0 Å². The van der Waals surface area contributed by atoms with Crippen LogP contribution in [0, 0.1) is 23.7 Å². The third-order valence-corrected chi connectivity index (χ3v) is 11.3. The van der Waals surface area contributed by atoms with Crippen LogP contribution in [0.4, 0.5) is 0 Å². The van der Waals surface area contributed by atoms with Gasteiger partial charge in [-0.1, -0.05) is 108 Å². The van der Waals surface area contributed by atoms with Gasteiger partial charge in [0.05, 0.1) is 37.6 Å². The van der Waals surface area contributed by atoms with Crippen molar-refractivity contribution >= 4 is 11.9 Å². The van der Waals surface area contributed by atoms with Crippen LogP contribution in [-0.2, 0) is 36.6 Å². The van der Waals surface area contributed by atoms with Crippen LogP contribution in [0.25, 0.3) is 11.1 Å². The number of rotatable bonds is 19. The van der Waals surface area contributed by atoms with Crippen LogP contribution in [-0.4, -0.2) is 50.6 Å². The Balaban J connectivity index is 1.34. The number of carbonyl (C=O) groups is 2. The molecule has 2 aliphatic rings. The number of benzene rings is 2. The quantitative estimate of drug-likeness (QED) is 0.0901. The molecule has 0 heterocycles. The predicted molar refractivity (Wildman–Crippen MR) is 202 cm³/mol. The van der Waals surface area contributed by atoms with Gasteiger partial charge in [-0.15, -0.1) is 0 Å². The van der Waals surface area contributed by atoms with Gasteiger partial charge < -0.3 is 19.3 Å². The van der Waals surface area contributed by atoms with Crippen molar-refractivity contribution in [3.63, 3.8) is 0 Å². The molecular formula is C44H62O6. The first-order valence-corrected chi connectivity index (χ1v) is 19.3. The van der Waals surface area contributed by atoms with Crippen molar-refractivity contribution in [2.24, 2.45) is 23.7 Å². The normalized spacial score (nSPS) is 21.3. The molecule has 0 saturated heterocycles. The molecule has 1 N–H and O–H groups in total. The number of carbonyl (C=O) groups excluding carboxylic acids is 2. The molecular weight excluding hydrogens is 624 g/mol. The minimum Gasteiger partial charge on any atom is -0.462 e. The van der Waals surface area contributed by atoms with E-state index in [2.05, 4.69) is 69.5 Å². The Bertz CT molecular complexity index is 1380. The number of aryl methyl sites for hydroxylation is 1. The van der Waals surface area contributed by atoms with E-state index in [4.69, 9.17) is 14.2 Å². The highest BCUT2D eigenvalue weighted by molar-refractivity contribution is 5.88. The minimum absolute atomic E-state index is 0.0175. The summed E-state index contributed by atoms with van der Waals surface area (Å²) in [6.07, 6.45) is 18.3. The molecule has 4 rings (SSSR count). The second kappa shape index (κ2) is 20.6. The van der Waals surface area contributed by atoms with Gasteiger partial charge >= 0.3 is 11.9 Å². The summed E-state index contributed by atoms with van der Waals surface area (Å²) in [5.41, 5.74) is 6.44. The Labute approximate surface area is 301 Å². The van der Waals surface area contributed by atoms with Crippen molar-refractivity contribution in [2.45, 2.75) is 110 Å². The van der Waals surface area contributed by atoms with Crippen molar-refractivity contribution in [3.8, 4) is 11.1 Å². The molecule has 50 heavy (non-hydrogen) atoms. The monoisotopic (exact) mass is 686 g/mol. The topological polar surface area (TPSA) is 82.1 Å². The summed E-state index contributed by atoms with van der Waals surface area (Å²) < 4.78 is 15.9. The maximum Gasteiger partial charge on any atom is 0.335 e. The van der Waals surface area contributed by atoms with Gasteiger partial charge in [-0.3, -0.25) is 0 Å². The summed E-state index contributed by atoms with van der Waals surface area (Å²) in [7, 11) is 1.49. The fraction of sp³-hybridized carbons (Fsp3) is 0.591. The first-order valence-electron chi connectivity index (χ1n) is 19.3. The molecule has 0 aromatic heterocycles. The zero-order chi connectivity index (χ0) is 35.9. The van der Waals surface area contributed by atoms with Crippen molar-refractivity contribution in [2.75, 3.05) is 33.5 Å². The third-order valence-electron chi connectivity index (χ3n) is 11.3. The van der Waals surface area contributed by atoms with Crippen LogP contribution in [0.5, 0.6) is 0 Å². The number of methoxy groups -OCH3 is 1. The van der Waals surface area contributed by atoms with Crippen LogP contribution in [0.1, 0.15) is 114 Å². The molecule has 6 nitrogen and oxygen atoms in total. The van der Waals surface area contributed by atoms with Crippen LogP contribution < -0.4 is 0 Å². The molecule has 0 bridgehead atoms. The average molecular weight is 687 g/mol. The predicted octanol–water partition coefficient (Wildman–Crippen LogP) is 9.57. The van der Waals surface area contributed by atoms with E-state index in [9.17, 15) is 14.7 Å². The first-order chi connectivity index (χ1) is 24.3. The highest BCUT2D eigenvalue weighted by Gasteiger charge is 2.31.